The fourth-order valence-electron chi connectivity index (χ4n) is 2.29. The van der Waals surface area contributed by atoms with Gasteiger partial charge in [-0.3, -0.25) is 4.79 Å². The van der Waals surface area contributed by atoms with Crippen molar-refractivity contribution in [2.75, 3.05) is 10.6 Å². The molecule has 0 saturated carbocycles. The van der Waals surface area contributed by atoms with Crippen molar-refractivity contribution in [2.24, 2.45) is 0 Å². The first-order chi connectivity index (χ1) is 10.1. The van der Waals surface area contributed by atoms with Gasteiger partial charge >= 0.3 is 6.61 Å². The topological polar surface area (TPSA) is 50.4 Å². The molecule has 108 valence electrons. The Morgan fingerprint density at radius 3 is 2.62 bits per heavy atom. The number of nitrogens with one attached hydrogen (secondary N) is 2. The Balaban J connectivity index is 1.89. The molecule has 0 fully saturated rings. The van der Waals surface area contributed by atoms with Crippen LogP contribution in [0.5, 0.6) is 5.75 Å². The van der Waals surface area contributed by atoms with Gasteiger partial charge < -0.3 is 15.4 Å². The summed E-state index contributed by atoms with van der Waals surface area (Å²) in [6.45, 7) is -2.92. The summed E-state index contributed by atoms with van der Waals surface area (Å²) < 4.78 is 29.3. The monoisotopic (exact) mass is 290 g/mol. The summed E-state index contributed by atoms with van der Waals surface area (Å²) in [5, 5.41) is 5.69. The molecule has 3 rings (SSSR count). The van der Waals surface area contributed by atoms with Crippen LogP contribution in [0, 0.1) is 0 Å². The van der Waals surface area contributed by atoms with Crippen LogP contribution in [0.25, 0.3) is 0 Å². The lowest BCUT2D eigenvalue weighted by Crippen LogP contribution is -2.20. The van der Waals surface area contributed by atoms with E-state index in [1.807, 2.05) is 18.2 Å². The zero-order valence-electron chi connectivity index (χ0n) is 10.8. The van der Waals surface area contributed by atoms with Crippen LogP contribution in [0.4, 0.5) is 20.2 Å². The highest BCUT2D eigenvalue weighted by molar-refractivity contribution is 6.04. The maximum atomic E-state index is 12.4. The molecule has 0 saturated heterocycles. The Kier molecular flexibility index (Phi) is 3.43. The number of benzene rings is 2. The third-order valence-electron chi connectivity index (χ3n) is 3.19. The molecule has 2 N–H and O–H groups in total. The van der Waals surface area contributed by atoms with Crippen LogP contribution in [0.2, 0.25) is 0 Å². The molecule has 0 spiro atoms. The number of amides is 1. The minimum atomic E-state index is -2.92. The standard InChI is InChI=1S/C15H12F2N2O2/c16-15(17)21-12-8-4-3-7-11(12)18-13-9-5-1-2-6-10(9)19-14(13)20/h1-8,13,15,18H,(H,19,20). The second kappa shape index (κ2) is 5.40. The van der Waals surface area contributed by atoms with Crippen LogP contribution < -0.4 is 15.4 Å². The van der Waals surface area contributed by atoms with Crippen LogP contribution >= 0.6 is 0 Å². The van der Waals surface area contributed by atoms with E-state index in [9.17, 15) is 13.6 Å². The van der Waals surface area contributed by atoms with Gasteiger partial charge in [-0.05, 0) is 18.2 Å². The number of fused-ring (bicyclic) bond motifs is 1. The third kappa shape index (κ3) is 2.65. The molecule has 1 amide bonds. The zero-order chi connectivity index (χ0) is 14.8. The van der Waals surface area contributed by atoms with Gasteiger partial charge in [-0.15, -0.1) is 0 Å². The number of rotatable bonds is 4. The lowest BCUT2D eigenvalue weighted by atomic mass is 10.1. The zero-order valence-corrected chi connectivity index (χ0v) is 10.8. The van der Waals surface area contributed by atoms with Gasteiger partial charge in [0.1, 0.15) is 11.8 Å². The summed E-state index contributed by atoms with van der Waals surface area (Å²) in [7, 11) is 0. The minimum absolute atomic E-state index is 0.00433. The lowest BCUT2D eigenvalue weighted by molar-refractivity contribution is -0.116. The van der Waals surface area contributed by atoms with E-state index in [0.29, 0.717) is 11.4 Å². The summed E-state index contributed by atoms with van der Waals surface area (Å²) in [5.41, 5.74) is 1.83. The number of hydrogen-bond donors (Lipinski definition) is 2. The predicted octanol–water partition coefficient (Wildman–Crippen LogP) is 3.39. The first kappa shape index (κ1) is 13.4. The van der Waals surface area contributed by atoms with Crippen LogP contribution in [-0.2, 0) is 4.79 Å². The first-order valence-corrected chi connectivity index (χ1v) is 6.35. The summed E-state index contributed by atoms with van der Waals surface area (Å²) in [5.74, 6) is -0.229. The van der Waals surface area contributed by atoms with Gasteiger partial charge in [0, 0.05) is 11.3 Å². The van der Waals surface area contributed by atoms with Crippen molar-refractivity contribution >= 4 is 17.3 Å². The molecule has 1 atom stereocenters. The maximum Gasteiger partial charge on any atom is 0.387 e. The molecule has 1 heterocycles. The fraction of sp³-hybridized carbons (Fsp3) is 0.133. The molecule has 1 aliphatic rings. The number of para-hydroxylation sites is 3. The van der Waals surface area contributed by atoms with E-state index in [2.05, 4.69) is 15.4 Å². The largest absolute Gasteiger partial charge is 0.433 e. The van der Waals surface area contributed by atoms with Gasteiger partial charge in [0.15, 0.2) is 0 Å². The minimum Gasteiger partial charge on any atom is -0.433 e. The molecule has 2 aromatic carbocycles. The van der Waals surface area contributed by atoms with E-state index in [4.69, 9.17) is 0 Å². The second-order valence-electron chi connectivity index (χ2n) is 4.53. The molecule has 0 radical (unpaired) electrons. The number of hydrogen-bond acceptors (Lipinski definition) is 3. The Bertz CT molecular complexity index is 676. The van der Waals surface area contributed by atoms with Gasteiger partial charge in [0.2, 0.25) is 0 Å². The number of carbonyl (C=O) groups excluding carboxylic acids is 1. The van der Waals surface area contributed by atoms with Gasteiger partial charge in [-0.2, -0.15) is 8.78 Å². The predicted molar refractivity (Wildman–Crippen MR) is 74.5 cm³/mol. The molecular formula is C15H12F2N2O2. The smallest absolute Gasteiger partial charge is 0.387 e. The molecule has 2 aromatic rings. The fourth-order valence-corrected chi connectivity index (χ4v) is 2.29. The number of ether oxygens (including phenoxy) is 1. The number of halogens is 2. The molecule has 1 aliphatic heterocycles. The van der Waals surface area contributed by atoms with E-state index in [1.165, 1.54) is 6.07 Å². The van der Waals surface area contributed by atoms with Gasteiger partial charge in [0.25, 0.3) is 5.91 Å². The summed E-state index contributed by atoms with van der Waals surface area (Å²) in [6, 6.07) is 12.9. The van der Waals surface area contributed by atoms with Crippen LogP contribution in [-0.4, -0.2) is 12.5 Å². The van der Waals surface area contributed by atoms with Gasteiger partial charge in [-0.25, -0.2) is 0 Å². The Labute approximate surface area is 119 Å². The van der Waals surface area contributed by atoms with Crippen molar-refractivity contribution in [3.8, 4) is 5.75 Å². The number of carbonyl (C=O) groups is 1. The molecule has 21 heavy (non-hydrogen) atoms. The Morgan fingerprint density at radius 1 is 1.10 bits per heavy atom. The van der Waals surface area contributed by atoms with Crippen molar-refractivity contribution in [1.82, 2.24) is 0 Å². The van der Waals surface area contributed by atoms with E-state index >= 15 is 0 Å². The van der Waals surface area contributed by atoms with Crippen LogP contribution in [0.3, 0.4) is 0 Å². The Morgan fingerprint density at radius 2 is 1.81 bits per heavy atom. The van der Waals surface area contributed by atoms with Gasteiger partial charge in [0.05, 0.1) is 5.69 Å². The summed E-state index contributed by atoms with van der Waals surface area (Å²) in [4.78, 5) is 12.0. The number of alkyl halides is 2. The molecule has 0 aromatic heterocycles. The molecule has 4 nitrogen and oxygen atoms in total. The molecular weight excluding hydrogens is 278 g/mol. The third-order valence-corrected chi connectivity index (χ3v) is 3.19. The normalized spacial score (nSPS) is 16.5. The SMILES string of the molecule is O=C1Nc2ccccc2C1Nc1ccccc1OC(F)F. The van der Waals surface area contributed by atoms with Crippen molar-refractivity contribution in [2.45, 2.75) is 12.7 Å². The highest BCUT2D eigenvalue weighted by atomic mass is 19.3. The summed E-state index contributed by atoms with van der Waals surface area (Å²) in [6.07, 6.45) is 0. The molecule has 0 aliphatic carbocycles. The van der Waals surface area contributed by atoms with E-state index in [0.717, 1.165) is 5.56 Å². The van der Waals surface area contributed by atoms with Crippen molar-refractivity contribution in [3.05, 3.63) is 54.1 Å². The molecule has 1 unspecified atom stereocenters. The number of anilines is 2. The second-order valence-corrected chi connectivity index (χ2v) is 4.53. The molecule has 6 heteroatoms. The first-order valence-electron chi connectivity index (χ1n) is 6.35. The average molecular weight is 290 g/mol. The van der Waals surface area contributed by atoms with Crippen LogP contribution in [0.1, 0.15) is 11.6 Å². The van der Waals surface area contributed by atoms with Gasteiger partial charge in [-0.1, -0.05) is 30.3 Å². The highest BCUT2D eigenvalue weighted by Gasteiger charge is 2.30. The van der Waals surface area contributed by atoms with E-state index in [1.54, 1.807) is 24.3 Å². The van der Waals surface area contributed by atoms with E-state index < -0.39 is 12.7 Å². The molecule has 0 bridgehead atoms. The van der Waals surface area contributed by atoms with Crippen molar-refractivity contribution in [1.29, 1.82) is 0 Å². The van der Waals surface area contributed by atoms with Crippen molar-refractivity contribution in [3.63, 3.8) is 0 Å². The highest BCUT2D eigenvalue weighted by Crippen LogP contribution is 2.35. The summed E-state index contributed by atoms with van der Waals surface area (Å²) >= 11 is 0. The van der Waals surface area contributed by atoms with Crippen molar-refractivity contribution < 1.29 is 18.3 Å². The maximum absolute atomic E-state index is 12.4. The Hall–Kier alpha value is -2.63. The quantitative estimate of drug-likeness (QED) is 0.907. The lowest BCUT2D eigenvalue weighted by Gasteiger charge is -2.16. The van der Waals surface area contributed by atoms with E-state index in [-0.39, 0.29) is 11.7 Å². The average Bonchev–Trinajstić information content (AvgIpc) is 2.77. The van der Waals surface area contributed by atoms with Crippen LogP contribution in [0.15, 0.2) is 48.5 Å².